The van der Waals surface area contributed by atoms with Crippen molar-refractivity contribution in [3.8, 4) is 0 Å². The van der Waals surface area contributed by atoms with E-state index in [4.69, 9.17) is 13.6 Å². The molecule has 3 aromatic rings. The molecule has 42 heavy (non-hydrogen) atoms. The van der Waals surface area contributed by atoms with Gasteiger partial charge in [-0.2, -0.15) is 0 Å². The number of benzene rings is 1. The number of carbonyl (C=O) groups is 1. The van der Waals surface area contributed by atoms with E-state index in [1.54, 1.807) is 0 Å². The lowest BCUT2D eigenvalue weighted by molar-refractivity contribution is 0.0593. The van der Waals surface area contributed by atoms with Crippen molar-refractivity contribution in [3.05, 3.63) is 65.6 Å². The highest BCUT2D eigenvalue weighted by molar-refractivity contribution is 6.74. The summed E-state index contributed by atoms with van der Waals surface area (Å²) in [6.07, 6.45) is 11.1. The maximum atomic E-state index is 12.0. The molecule has 0 bridgehead atoms. The number of ether oxygens (including phenoxy) is 1. The monoisotopic (exact) mass is 594 g/mol. The standard InChI is InChI=1S/C33H50N4O4Si/c1-9-23(2)30(31-34-29(22-40-31)32(38)39-6)37-21-27(35-36-37)18-26-17-25(16-15-24-13-11-10-12-14-24)19-28(20-26)41-42(7,8)33(3,4)5/h10-14,21-23,25-26,28,30H,9,15-20H2,1-8H3/t23?,25?,26?,28?,30-/m0/s1. The minimum Gasteiger partial charge on any atom is -0.464 e. The van der Waals surface area contributed by atoms with Gasteiger partial charge in [-0.25, -0.2) is 14.5 Å². The zero-order valence-electron chi connectivity index (χ0n) is 26.8. The minimum atomic E-state index is -1.89. The first-order valence-corrected chi connectivity index (χ1v) is 18.5. The van der Waals surface area contributed by atoms with Crippen molar-refractivity contribution in [1.29, 1.82) is 0 Å². The molecule has 5 atom stereocenters. The van der Waals surface area contributed by atoms with Crippen LogP contribution in [0.2, 0.25) is 18.1 Å². The Hall–Kier alpha value is -2.78. The molecule has 230 valence electrons. The third-order valence-corrected chi connectivity index (χ3v) is 14.0. The lowest BCUT2D eigenvalue weighted by Gasteiger charge is -2.43. The van der Waals surface area contributed by atoms with Crippen LogP contribution in [0.25, 0.3) is 0 Å². The van der Waals surface area contributed by atoms with Crippen molar-refractivity contribution in [3.63, 3.8) is 0 Å². The van der Waals surface area contributed by atoms with E-state index in [1.165, 1.54) is 31.8 Å². The number of carbonyl (C=O) groups excluding carboxylic acids is 1. The normalized spacial score (nSPS) is 21.2. The first-order valence-electron chi connectivity index (χ1n) is 15.6. The van der Waals surface area contributed by atoms with Crippen molar-refractivity contribution in [2.45, 2.75) is 110 Å². The van der Waals surface area contributed by atoms with Crippen LogP contribution in [0.4, 0.5) is 0 Å². The Bertz CT molecular complexity index is 1280. The Morgan fingerprint density at radius 1 is 1.14 bits per heavy atom. The second kappa shape index (κ2) is 13.7. The van der Waals surface area contributed by atoms with Crippen LogP contribution in [0.5, 0.6) is 0 Å². The third kappa shape index (κ3) is 7.98. The number of hydrogen-bond donors (Lipinski definition) is 0. The predicted octanol–water partition coefficient (Wildman–Crippen LogP) is 7.67. The molecule has 1 fully saturated rings. The van der Waals surface area contributed by atoms with Gasteiger partial charge in [0, 0.05) is 12.3 Å². The van der Waals surface area contributed by atoms with Crippen molar-refractivity contribution in [1.82, 2.24) is 20.0 Å². The molecule has 0 spiro atoms. The fourth-order valence-electron chi connectivity index (χ4n) is 5.91. The van der Waals surface area contributed by atoms with E-state index in [0.29, 0.717) is 17.7 Å². The molecular weight excluding hydrogens is 544 g/mol. The summed E-state index contributed by atoms with van der Waals surface area (Å²) in [7, 11) is -0.548. The number of aromatic nitrogens is 4. The molecule has 2 heterocycles. The van der Waals surface area contributed by atoms with Crippen LogP contribution in [-0.4, -0.2) is 47.5 Å². The van der Waals surface area contributed by atoms with Crippen molar-refractivity contribution >= 4 is 14.3 Å². The second-order valence-electron chi connectivity index (χ2n) is 13.8. The fourth-order valence-corrected chi connectivity index (χ4v) is 7.29. The Labute approximate surface area is 252 Å². The zero-order valence-corrected chi connectivity index (χ0v) is 27.8. The summed E-state index contributed by atoms with van der Waals surface area (Å²) in [6.45, 7) is 15.9. The van der Waals surface area contributed by atoms with Crippen LogP contribution in [0, 0.1) is 17.8 Å². The van der Waals surface area contributed by atoms with Crippen LogP contribution < -0.4 is 0 Å². The van der Waals surface area contributed by atoms with Gasteiger partial charge in [0.25, 0.3) is 0 Å². The quantitative estimate of drug-likeness (QED) is 0.157. The van der Waals surface area contributed by atoms with E-state index in [0.717, 1.165) is 37.8 Å². The van der Waals surface area contributed by atoms with Crippen LogP contribution in [0.3, 0.4) is 0 Å². The molecule has 0 saturated heterocycles. The van der Waals surface area contributed by atoms with E-state index in [9.17, 15) is 4.79 Å². The number of rotatable bonds is 12. The lowest BCUT2D eigenvalue weighted by Crippen LogP contribution is -2.46. The van der Waals surface area contributed by atoms with Crippen LogP contribution in [-0.2, 0) is 22.0 Å². The Balaban J connectivity index is 1.51. The molecular formula is C33H50N4O4Si. The number of aryl methyl sites for hydroxylation is 1. The van der Waals surface area contributed by atoms with E-state index < -0.39 is 14.3 Å². The van der Waals surface area contributed by atoms with Gasteiger partial charge in [-0.05, 0) is 80.0 Å². The van der Waals surface area contributed by atoms with E-state index in [-0.39, 0.29) is 28.8 Å². The number of oxazole rings is 1. The maximum Gasteiger partial charge on any atom is 0.360 e. The molecule has 1 aliphatic carbocycles. The molecule has 4 unspecified atom stereocenters. The van der Waals surface area contributed by atoms with Gasteiger partial charge in [-0.1, -0.05) is 76.6 Å². The molecule has 8 nitrogen and oxygen atoms in total. The highest BCUT2D eigenvalue weighted by Gasteiger charge is 2.41. The summed E-state index contributed by atoms with van der Waals surface area (Å²) < 4.78 is 19.4. The van der Waals surface area contributed by atoms with Gasteiger partial charge in [-0.15, -0.1) is 5.10 Å². The summed E-state index contributed by atoms with van der Waals surface area (Å²) in [5.41, 5.74) is 2.54. The first-order chi connectivity index (χ1) is 19.9. The zero-order chi connectivity index (χ0) is 30.5. The van der Waals surface area contributed by atoms with Crippen LogP contribution >= 0.6 is 0 Å². The molecule has 0 amide bonds. The molecule has 1 aliphatic rings. The molecule has 2 aromatic heterocycles. The number of nitrogens with zero attached hydrogens (tertiary/aromatic N) is 4. The summed E-state index contributed by atoms with van der Waals surface area (Å²) in [5, 5.41) is 9.32. The first kappa shape index (κ1) is 32.1. The SMILES string of the molecule is CCC(C)[C@@H](c1nc(C(=O)OC)co1)n1cc(CC2CC(CCc3ccccc3)CC(O[Si](C)(C)C(C)(C)C)C2)nn1. The highest BCUT2D eigenvalue weighted by atomic mass is 28.4. The van der Waals surface area contributed by atoms with E-state index in [1.807, 2.05) is 10.9 Å². The number of methoxy groups -OCH3 is 1. The Morgan fingerprint density at radius 3 is 2.52 bits per heavy atom. The van der Waals surface area contributed by atoms with Gasteiger partial charge in [-0.3, -0.25) is 0 Å². The largest absolute Gasteiger partial charge is 0.464 e. The smallest absolute Gasteiger partial charge is 0.360 e. The molecule has 0 radical (unpaired) electrons. The minimum absolute atomic E-state index is 0.165. The topological polar surface area (TPSA) is 92.3 Å². The molecule has 4 rings (SSSR count). The average Bonchev–Trinajstić information content (AvgIpc) is 3.61. The van der Waals surface area contributed by atoms with Gasteiger partial charge >= 0.3 is 5.97 Å². The van der Waals surface area contributed by atoms with E-state index >= 15 is 0 Å². The lowest BCUT2D eigenvalue weighted by atomic mass is 9.76. The molecule has 1 saturated carbocycles. The number of esters is 1. The van der Waals surface area contributed by atoms with Gasteiger partial charge < -0.3 is 13.6 Å². The Kier molecular flexibility index (Phi) is 10.5. The summed E-state index contributed by atoms with van der Waals surface area (Å²) >= 11 is 0. The van der Waals surface area contributed by atoms with Crippen LogP contribution in [0.1, 0.15) is 100 Å². The molecule has 0 aliphatic heterocycles. The molecule has 1 aromatic carbocycles. The maximum absolute atomic E-state index is 12.0. The van der Waals surface area contributed by atoms with Gasteiger partial charge in [0.2, 0.25) is 5.89 Å². The summed E-state index contributed by atoms with van der Waals surface area (Å²) in [6, 6.07) is 10.6. The van der Waals surface area contributed by atoms with Crippen molar-refractivity contribution < 1.29 is 18.4 Å². The number of hydrogen-bond acceptors (Lipinski definition) is 7. The van der Waals surface area contributed by atoms with Gasteiger partial charge in [0.05, 0.1) is 12.8 Å². The van der Waals surface area contributed by atoms with E-state index in [2.05, 4.69) is 93.3 Å². The van der Waals surface area contributed by atoms with Gasteiger partial charge in [0.1, 0.15) is 12.3 Å². The third-order valence-electron chi connectivity index (χ3n) is 9.50. The Morgan fingerprint density at radius 2 is 1.86 bits per heavy atom. The second-order valence-corrected chi connectivity index (χ2v) is 18.5. The van der Waals surface area contributed by atoms with Crippen molar-refractivity contribution in [2.75, 3.05) is 7.11 Å². The highest BCUT2D eigenvalue weighted by Crippen LogP contribution is 2.42. The molecule has 0 N–H and O–H groups in total. The van der Waals surface area contributed by atoms with Gasteiger partial charge in [0.15, 0.2) is 14.0 Å². The molecule has 9 heteroatoms. The average molecular weight is 595 g/mol. The van der Waals surface area contributed by atoms with Crippen LogP contribution in [0.15, 0.2) is 47.2 Å². The fraction of sp³-hybridized carbons (Fsp3) is 0.636. The predicted molar refractivity (Wildman–Crippen MR) is 167 cm³/mol. The van der Waals surface area contributed by atoms with Crippen molar-refractivity contribution in [2.24, 2.45) is 17.8 Å². The summed E-state index contributed by atoms with van der Waals surface area (Å²) in [5.74, 6) is 1.21. The summed E-state index contributed by atoms with van der Waals surface area (Å²) in [4.78, 5) is 16.4.